The van der Waals surface area contributed by atoms with Gasteiger partial charge in [-0.2, -0.15) is 0 Å². The van der Waals surface area contributed by atoms with Crippen LogP contribution in [0.4, 0.5) is 0 Å². The maximum absolute atomic E-state index is 13.6. The standard InChI is InChI=1S/C44H61ClO16S/c1-23-36(56-24(2)46)37(57-25(3)47)38(58-26(4)48)39(55-23)59-28-16-32-43(21-53-42(61-32)11-7-8-12-42)35-30(9-13-41(43,51)17-28)44(54-22-62-6)14-10-29(27-15-33(49)52-20-27)40(44,5)18-31(35)60-34(50)19-45/h15,23,28-32,35-39,51H,7-14,16-22H2,1-6H3/t23-,28-,29+,30+,31+,32+,35+,36-,37+,38+,39-,40+,41-,43+,44-/m0/s1. The molecule has 15 atom stereocenters. The predicted octanol–water partition coefficient (Wildman–Crippen LogP) is 4.66. The summed E-state index contributed by atoms with van der Waals surface area (Å²) in [5.41, 5.74) is -3.08. The van der Waals surface area contributed by atoms with Gasteiger partial charge >= 0.3 is 29.8 Å². The van der Waals surface area contributed by atoms with E-state index in [1.807, 2.05) is 6.26 Å². The molecule has 3 aliphatic heterocycles. The highest BCUT2D eigenvalue weighted by atomic mass is 35.5. The summed E-state index contributed by atoms with van der Waals surface area (Å²) in [6, 6.07) is 0. The first kappa shape index (κ1) is 46.0. The Morgan fingerprint density at radius 1 is 0.935 bits per heavy atom. The van der Waals surface area contributed by atoms with Gasteiger partial charge in [0.05, 0.1) is 47.5 Å². The molecule has 0 aromatic rings. The topological polar surface area (TPSA) is 198 Å². The number of carbonyl (C=O) groups is 5. The third kappa shape index (κ3) is 7.69. The van der Waals surface area contributed by atoms with E-state index in [1.54, 1.807) is 24.8 Å². The van der Waals surface area contributed by atoms with Crippen molar-refractivity contribution in [2.24, 2.45) is 28.6 Å². The number of ether oxygens (including phenoxy) is 10. The highest BCUT2D eigenvalue weighted by molar-refractivity contribution is 7.98. The highest BCUT2D eigenvalue weighted by Gasteiger charge is 2.78. The Labute approximate surface area is 371 Å². The smallest absolute Gasteiger partial charge is 0.331 e. The summed E-state index contributed by atoms with van der Waals surface area (Å²) in [5.74, 6) is -4.67. The van der Waals surface area contributed by atoms with Gasteiger partial charge in [0.2, 0.25) is 0 Å². The Kier molecular flexibility index (Phi) is 12.9. The zero-order valence-electron chi connectivity index (χ0n) is 36.4. The molecule has 1 N–H and O–H groups in total. The molecule has 0 radical (unpaired) electrons. The van der Waals surface area contributed by atoms with Crippen LogP contribution in [0.5, 0.6) is 0 Å². The van der Waals surface area contributed by atoms with Crippen molar-refractivity contribution in [1.82, 2.24) is 0 Å². The lowest BCUT2D eigenvalue weighted by molar-refractivity contribution is -0.414. The van der Waals surface area contributed by atoms with Crippen LogP contribution in [-0.4, -0.2) is 132 Å². The first-order valence-electron chi connectivity index (χ1n) is 22.1. The molecule has 0 unspecified atom stereocenters. The first-order chi connectivity index (χ1) is 29.4. The summed E-state index contributed by atoms with van der Waals surface area (Å²) in [6.07, 6.45) is 1.62. The van der Waals surface area contributed by atoms with Gasteiger partial charge in [0, 0.05) is 63.9 Å². The quantitative estimate of drug-likeness (QED) is 0.0986. The largest absolute Gasteiger partial charge is 0.461 e. The van der Waals surface area contributed by atoms with Crippen LogP contribution in [0.2, 0.25) is 0 Å². The van der Waals surface area contributed by atoms with Crippen molar-refractivity contribution < 1.29 is 76.4 Å². The molecule has 0 aromatic heterocycles. The molecule has 3 heterocycles. The van der Waals surface area contributed by atoms with Gasteiger partial charge in [-0.05, 0) is 75.5 Å². The van der Waals surface area contributed by atoms with Crippen molar-refractivity contribution >= 4 is 53.2 Å². The van der Waals surface area contributed by atoms with Crippen LogP contribution in [-0.2, 0) is 71.3 Å². The molecule has 16 nitrogen and oxygen atoms in total. The third-order valence-electron chi connectivity index (χ3n) is 15.8. The van der Waals surface area contributed by atoms with Crippen molar-refractivity contribution in [3.8, 4) is 0 Å². The Balaban J connectivity index is 1.20. The molecule has 2 saturated heterocycles. The molecule has 2 spiro atoms. The van der Waals surface area contributed by atoms with Gasteiger partial charge < -0.3 is 52.5 Å². The van der Waals surface area contributed by atoms with Gasteiger partial charge in [-0.3, -0.25) is 19.2 Å². The fourth-order valence-electron chi connectivity index (χ4n) is 13.6. The molecule has 62 heavy (non-hydrogen) atoms. The van der Waals surface area contributed by atoms with Crippen LogP contribution in [0.1, 0.15) is 105 Å². The van der Waals surface area contributed by atoms with Crippen LogP contribution >= 0.6 is 23.4 Å². The SMILES string of the molecule is CSCO[C@]12CC[C@H](C3=CC(=O)OC3)[C@@]1(C)C[C@@H](OC(=O)CCl)[C@H]1[C@H]2CC[C@]2(O)C[C@@H](O[C@@H]3O[C@@H](C)[C@H](OC(C)=O)[C@@H](OC(C)=O)[C@H]3OC(C)=O)C[C@H]3OC4(CCCC4)OC[C@]132. The van der Waals surface area contributed by atoms with Gasteiger partial charge in [0.15, 0.2) is 30.4 Å². The van der Waals surface area contributed by atoms with Crippen molar-refractivity contribution in [1.29, 1.82) is 0 Å². The average molecular weight is 913 g/mol. The molecule has 346 valence electrons. The number of thioether (sulfide) groups is 1. The number of esters is 5. The van der Waals surface area contributed by atoms with Gasteiger partial charge in [0.1, 0.15) is 18.6 Å². The lowest BCUT2D eigenvalue weighted by Gasteiger charge is -2.71. The first-order valence-corrected chi connectivity index (χ1v) is 24.0. The summed E-state index contributed by atoms with van der Waals surface area (Å²) in [7, 11) is 0. The van der Waals surface area contributed by atoms with Gasteiger partial charge in [-0.25, -0.2) is 4.79 Å². The number of hydrogen-bond donors (Lipinski definition) is 1. The van der Waals surface area contributed by atoms with E-state index in [1.165, 1.54) is 20.8 Å². The second-order valence-corrected chi connectivity index (χ2v) is 20.1. The van der Waals surface area contributed by atoms with E-state index < -0.39 is 107 Å². The summed E-state index contributed by atoms with van der Waals surface area (Å²) >= 11 is 7.76. The number of aliphatic hydroxyl groups is 1. The Morgan fingerprint density at radius 2 is 1.63 bits per heavy atom. The van der Waals surface area contributed by atoms with E-state index >= 15 is 0 Å². The van der Waals surface area contributed by atoms with Crippen molar-refractivity contribution in [3.63, 3.8) is 0 Å². The zero-order chi connectivity index (χ0) is 44.4. The second-order valence-electron chi connectivity index (χ2n) is 19.0. The van der Waals surface area contributed by atoms with Crippen molar-refractivity contribution in [2.75, 3.05) is 31.3 Å². The summed E-state index contributed by atoms with van der Waals surface area (Å²) in [4.78, 5) is 63.1. The van der Waals surface area contributed by atoms with Gasteiger partial charge in [-0.15, -0.1) is 23.4 Å². The lowest BCUT2D eigenvalue weighted by Crippen LogP contribution is -2.79. The molecule has 5 aliphatic carbocycles. The number of alkyl halides is 1. The van der Waals surface area contributed by atoms with E-state index in [9.17, 15) is 29.1 Å². The number of cyclic esters (lactones) is 1. The minimum absolute atomic E-state index is 0.0835. The fourth-order valence-corrected chi connectivity index (χ4v) is 14.0. The molecule has 5 saturated carbocycles. The number of fused-ring (bicyclic) bond motifs is 3. The van der Waals surface area contributed by atoms with Crippen LogP contribution in [0.3, 0.4) is 0 Å². The summed E-state index contributed by atoms with van der Waals surface area (Å²) in [5, 5.41) is 13.6. The lowest BCUT2D eigenvalue weighted by atomic mass is 9.39. The molecular formula is C44H61ClO16S. The molecule has 8 rings (SSSR count). The Morgan fingerprint density at radius 3 is 2.27 bits per heavy atom. The maximum atomic E-state index is 13.6. The average Bonchev–Trinajstić information content (AvgIpc) is 3.92. The maximum Gasteiger partial charge on any atom is 0.331 e. The molecule has 8 aliphatic rings. The predicted molar refractivity (Wildman–Crippen MR) is 218 cm³/mol. The van der Waals surface area contributed by atoms with E-state index in [0.29, 0.717) is 44.5 Å². The fraction of sp³-hybridized carbons (Fsp3) is 0.841. The molecule has 18 heteroatoms. The minimum Gasteiger partial charge on any atom is -0.461 e. The molecular weight excluding hydrogens is 852 g/mol. The Hall–Kier alpha value is -2.51. The highest BCUT2D eigenvalue weighted by Crippen LogP contribution is 2.73. The molecule has 0 amide bonds. The van der Waals surface area contributed by atoms with E-state index in [2.05, 4.69) is 6.92 Å². The van der Waals surface area contributed by atoms with Gasteiger partial charge in [-0.1, -0.05) is 6.92 Å². The summed E-state index contributed by atoms with van der Waals surface area (Å²) < 4.78 is 63.2. The van der Waals surface area contributed by atoms with E-state index in [4.69, 9.17) is 59.0 Å². The monoisotopic (exact) mass is 912 g/mol. The Bertz CT molecular complexity index is 1810. The van der Waals surface area contributed by atoms with Crippen LogP contribution in [0.15, 0.2) is 11.6 Å². The normalized spacial score (nSPS) is 44.2. The van der Waals surface area contributed by atoms with Crippen LogP contribution in [0.25, 0.3) is 0 Å². The van der Waals surface area contributed by atoms with Crippen molar-refractivity contribution in [3.05, 3.63) is 11.6 Å². The molecule has 7 fully saturated rings. The number of carbonyl (C=O) groups excluding carboxylic acids is 5. The summed E-state index contributed by atoms with van der Waals surface area (Å²) in [6.45, 7) is 7.79. The zero-order valence-corrected chi connectivity index (χ0v) is 38.0. The van der Waals surface area contributed by atoms with Crippen molar-refractivity contribution in [2.45, 2.75) is 171 Å². The number of halogens is 1. The third-order valence-corrected chi connectivity index (χ3v) is 16.3. The number of rotatable bonds is 11. The molecule has 0 aromatic carbocycles. The second kappa shape index (κ2) is 17.4. The molecule has 0 bridgehead atoms. The minimum atomic E-state index is -1.51. The van der Waals surface area contributed by atoms with Crippen LogP contribution in [0, 0.1) is 28.6 Å². The van der Waals surface area contributed by atoms with E-state index in [0.717, 1.165) is 24.8 Å². The number of hydrogen-bond acceptors (Lipinski definition) is 17. The van der Waals surface area contributed by atoms with Gasteiger partial charge in [0.25, 0.3) is 0 Å². The van der Waals surface area contributed by atoms with E-state index in [-0.39, 0.29) is 49.7 Å². The van der Waals surface area contributed by atoms with Crippen LogP contribution < -0.4 is 0 Å².